The fourth-order valence-corrected chi connectivity index (χ4v) is 5.22. The molecule has 184 valence electrons. The lowest BCUT2D eigenvalue weighted by atomic mass is 9.93. The van der Waals surface area contributed by atoms with E-state index in [9.17, 15) is 4.79 Å². The number of rotatable bonds is 9. The van der Waals surface area contributed by atoms with Crippen LogP contribution in [0.5, 0.6) is 0 Å². The van der Waals surface area contributed by atoms with Gasteiger partial charge in [0.05, 0.1) is 6.54 Å². The largest absolute Gasteiger partial charge is 0.338 e. The predicted molar refractivity (Wildman–Crippen MR) is 138 cm³/mol. The van der Waals surface area contributed by atoms with E-state index in [0.29, 0.717) is 12.6 Å². The summed E-state index contributed by atoms with van der Waals surface area (Å²) in [6.07, 6.45) is 13.1. The minimum Gasteiger partial charge on any atom is -0.338 e. The molecule has 4 rings (SSSR count). The molecule has 1 saturated heterocycles. The molecule has 1 aromatic carbocycles. The minimum absolute atomic E-state index is 0.0448. The number of hydrogen-bond acceptors (Lipinski definition) is 6. The molecule has 2 N–H and O–H groups in total. The van der Waals surface area contributed by atoms with E-state index >= 15 is 0 Å². The molecular weight excluding hydrogens is 424 g/mol. The molecule has 1 aromatic heterocycles. The third-order valence-electron chi connectivity index (χ3n) is 7.17. The van der Waals surface area contributed by atoms with Gasteiger partial charge in [-0.05, 0) is 37.0 Å². The van der Waals surface area contributed by atoms with Crippen LogP contribution in [0.25, 0.3) is 0 Å². The number of amides is 1. The van der Waals surface area contributed by atoms with Crippen LogP contribution in [-0.4, -0.2) is 59.5 Å². The fraction of sp³-hybridized carbons (Fsp3) is 0.593. The summed E-state index contributed by atoms with van der Waals surface area (Å²) in [6.45, 7) is 6.80. The predicted octanol–water partition coefficient (Wildman–Crippen LogP) is 4.08. The summed E-state index contributed by atoms with van der Waals surface area (Å²) in [4.78, 5) is 25.8. The van der Waals surface area contributed by atoms with E-state index in [1.54, 1.807) is 12.4 Å². The second-order valence-electron chi connectivity index (χ2n) is 9.89. The molecule has 0 bridgehead atoms. The number of aromatic nitrogens is 2. The summed E-state index contributed by atoms with van der Waals surface area (Å²) in [6, 6.07) is 10.5. The molecule has 34 heavy (non-hydrogen) atoms. The molecule has 1 amide bonds. The van der Waals surface area contributed by atoms with Crippen molar-refractivity contribution in [2.45, 2.75) is 64.5 Å². The topological polar surface area (TPSA) is 73.4 Å². The molecule has 7 heteroatoms. The number of piperazine rings is 1. The van der Waals surface area contributed by atoms with Crippen molar-refractivity contribution in [1.29, 1.82) is 0 Å². The Labute approximate surface area is 204 Å². The first-order valence-corrected chi connectivity index (χ1v) is 13.0. The molecule has 2 heterocycles. The van der Waals surface area contributed by atoms with Crippen molar-refractivity contribution in [2.24, 2.45) is 5.92 Å². The number of para-hydroxylation sites is 1. The summed E-state index contributed by atoms with van der Waals surface area (Å²) in [5, 5.41) is 6.86. The van der Waals surface area contributed by atoms with Gasteiger partial charge >= 0.3 is 0 Å². The number of carbonyl (C=O) groups is 1. The minimum atomic E-state index is 0.0448. The zero-order valence-electron chi connectivity index (χ0n) is 20.6. The van der Waals surface area contributed by atoms with E-state index in [0.717, 1.165) is 55.8 Å². The Hall–Kier alpha value is -2.51. The Balaban J connectivity index is 1.22. The molecule has 0 radical (unpaired) electrons. The van der Waals surface area contributed by atoms with Crippen LogP contribution < -0.4 is 15.5 Å². The zero-order valence-corrected chi connectivity index (χ0v) is 20.6. The quantitative estimate of drug-likeness (QED) is 0.545. The van der Waals surface area contributed by atoms with E-state index in [4.69, 9.17) is 0 Å². The number of nitrogens with zero attached hydrogens (tertiary/aromatic N) is 4. The van der Waals surface area contributed by atoms with E-state index in [1.807, 2.05) is 24.3 Å². The molecule has 1 aliphatic heterocycles. The number of benzene rings is 1. The van der Waals surface area contributed by atoms with Gasteiger partial charge in [0, 0.05) is 56.8 Å². The fourth-order valence-electron chi connectivity index (χ4n) is 5.22. The van der Waals surface area contributed by atoms with Crippen molar-refractivity contribution in [2.75, 3.05) is 42.9 Å². The van der Waals surface area contributed by atoms with Gasteiger partial charge in [0.25, 0.3) is 0 Å². The zero-order chi connectivity index (χ0) is 23.6. The average Bonchev–Trinajstić information content (AvgIpc) is 3.13. The van der Waals surface area contributed by atoms with Gasteiger partial charge in [-0.25, -0.2) is 9.97 Å². The molecule has 2 aliphatic rings. The van der Waals surface area contributed by atoms with E-state index < -0.39 is 0 Å². The Bertz CT molecular complexity index is 876. The van der Waals surface area contributed by atoms with Gasteiger partial charge in [-0.3, -0.25) is 9.69 Å². The lowest BCUT2D eigenvalue weighted by molar-refractivity contribution is -0.117. The van der Waals surface area contributed by atoms with Gasteiger partial charge in [-0.2, -0.15) is 0 Å². The number of anilines is 2. The maximum atomic E-state index is 12.8. The molecule has 1 unspecified atom stereocenters. The maximum absolute atomic E-state index is 12.8. The van der Waals surface area contributed by atoms with Crippen molar-refractivity contribution < 1.29 is 4.79 Å². The summed E-state index contributed by atoms with van der Waals surface area (Å²) < 4.78 is 0. The third-order valence-corrected chi connectivity index (χ3v) is 7.17. The lowest BCUT2D eigenvalue weighted by Gasteiger charge is -2.34. The molecule has 2 fully saturated rings. The standard InChI is InChI=1S/C27H40N6O/c1-22(19-23-9-4-2-3-5-10-23)30-20-24-11-6-7-12-25(24)31-26(34)21-32-15-17-33(18-16-32)27-28-13-8-14-29-27/h6-8,11-14,22-23,30H,2-5,9-10,15-21H2,1H3,(H,31,34). The number of hydrogen-bond donors (Lipinski definition) is 2. The van der Waals surface area contributed by atoms with Crippen molar-refractivity contribution >= 4 is 17.5 Å². The Morgan fingerprint density at radius 2 is 1.71 bits per heavy atom. The number of carbonyl (C=O) groups excluding carboxylic acids is 1. The summed E-state index contributed by atoms with van der Waals surface area (Å²) in [5.74, 6) is 1.67. The Morgan fingerprint density at radius 3 is 2.44 bits per heavy atom. The second-order valence-corrected chi connectivity index (χ2v) is 9.89. The van der Waals surface area contributed by atoms with E-state index in [2.05, 4.69) is 43.4 Å². The molecule has 2 aromatic rings. The van der Waals surface area contributed by atoms with Crippen molar-refractivity contribution in [3.05, 3.63) is 48.3 Å². The second kappa shape index (κ2) is 12.8. The van der Waals surface area contributed by atoms with Gasteiger partial charge in [0.15, 0.2) is 0 Å². The van der Waals surface area contributed by atoms with Crippen molar-refractivity contribution in [3.63, 3.8) is 0 Å². The van der Waals surface area contributed by atoms with Gasteiger partial charge in [-0.1, -0.05) is 56.7 Å². The van der Waals surface area contributed by atoms with Gasteiger partial charge in [0.1, 0.15) is 0 Å². The van der Waals surface area contributed by atoms with Gasteiger partial charge in [0.2, 0.25) is 11.9 Å². The normalized spacial score (nSPS) is 18.9. The third kappa shape index (κ3) is 7.50. The van der Waals surface area contributed by atoms with Crippen LogP contribution in [0.3, 0.4) is 0 Å². The van der Waals surface area contributed by atoms with Crippen molar-refractivity contribution in [1.82, 2.24) is 20.2 Å². The van der Waals surface area contributed by atoms with Crippen LogP contribution in [-0.2, 0) is 11.3 Å². The van der Waals surface area contributed by atoms with Gasteiger partial charge < -0.3 is 15.5 Å². The summed E-state index contributed by atoms with van der Waals surface area (Å²) in [5.41, 5.74) is 2.06. The highest BCUT2D eigenvalue weighted by molar-refractivity contribution is 5.93. The summed E-state index contributed by atoms with van der Waals surface area (Å²) in [7, 11) is 0. The molecule has 1 saturated carbocycles. The first-order valence-electron chi connectivity index (χ1n) is 13.0. The highest BCUT2D eigenvalue weighted by Gasteiger charge is 2.21. The first kappa shape index (κ1) is 24.6. The van der Waals surface area contributed by atoms with Crippen LogP contribution in [0.2, 0.25) is 0 Å². The monoisotopic (exact) mass is 464 g/mol. The molecule has 1 atom stereocenters. The van der Waals surface area contributed by atoms with Crippen LogP contribution in [0.15, 0.2) is 42.7 Å². The molecule has 7 nitrogen and oxygen atoms in total. The highest BCUT2D eigenvalue weighted by Crippen LogP contribution is 2.26. The Morgan fingerprint density at radius 1 is 1.00 bits per heavy atom. The highest BCUT2D eigenvalue weighted by atomic mass is 16.2. The number of nitrogens with one attached hydrogen (secondary N) is 2. The van der Waals surface area contributed by atoms with E-state index in [1.165, 1.54) is 44.9 Å². The average molecular weight is 465 g/mol. The summed E-state index contributed by atoms with van der Waals surface area (Å²) >= 11 is 0. The van der Waals surface area contributed by atoms with Crippen LogP contribution in [0, 0.1) is 5.92 Å². The van der Waals surface area contributed by atoms with Crippen LogP contribution in [0.4, 0.5) is 11.6 Å². The SMILES string of the molecule is CC(CC1CCCCCC1)NCc1ccccc1NC(=O)CN1CCN(c2ncccn2)CC1. The maximum Gasteiger partial charge on any atom is 0.238 e. The van der Waals surface area contributed by atoms with E-state index in [-0.39, 0.29) is 5.91 Å². The van der Waals surface area contributed by atoms with Crippen molar-refractivity contribution in [3.8, 4) is 0 Å². The molecular formula is C27H40N6O. The first-order chi connectivity index (χ1) is 16.7. The van der Waals surface area contributed by atoms with Gasteiger partial charge in [-0.15, -0.1) is 0 Å². The smallest absolute Gasteiger partial charge is 0.238 e. The molecule has 0 spiro atoms. The molecule has 1 aliphatic carbocycles. The lowest BCUT2D eigenvalue weighted by Crippen LogP contribution is -2.49. The Kier molecular flexibility index (Phi) is 9.27. The van der Waals surface area contributed by atoms with Crippen LogP contribution >= 0.6 is 0 Å². The van der Waals surface area contributed by atoms with Crippen LogP contribution in [0.1, 0.15) is 57.4 Å².